The van der Waals surface area contributed by atoms with Gasteiger partial charge in [0, 0.05) is 18.0 Å². The Labute approximate surface area is 229 Å². The van der Waals surface area contributed by atoms with E-state index in [-0.39, 0.29) is 48.0 Å². The number of nitrogens with two attached hydrogens (primary N) is 1. The molecule has 3 aromatic carbocycles. The third kappa shape index (κ3) is 5.73. The van der Waals surface area contributed by atoms with Crippen LogP contribution < -0.4 is 11.3 Å². The molecule has 4 rings (SSSR count). The molecule has 0 spiro atoms. The van der Waals surface area contributed by atoms with Crippen molar-refractivity contribution in [1.82, 2.24) is 14.5 Å². The molecular formula is C29H25Cl2FN4O2. The second-order valence-electron chi connectivity index (χ2n) is 8.67. The standard InChI is InChI=1S/C29H25Cl2FN4O2/c1-2-8-25(35(16-7-15-33)29(38)22-11-6-12-23(31)26(22)32)27-34-24-17-20(30)13-14-21(24)28(37)36(27)18-19-9-4-3-5-10-19/h1,3-6,9-14,17,25H,7-8,15-16,18,33H2/t25-/m0/s1. The Bertz CT molecular complexity index is 1570. The normalized spacial score (nSPS) is 11.8. The molecule has 4 aromatic rings. The van der Waals surface area contributed by atoms with E-state index < -0.39 is 17.8 Å². The third-order valence-electron chi connectivity index (χ3n) is 6.16. The van der Waals surface area contributed by atoms with Crippen molar-refractivity contribution in [2.24, 2.45) is 5.73 Å². The molecule has 0 saturated heterocycles. The highest BCUT2D eigenvalue weighted by molar-refractivity contribution is 6.31. The van der Waals surface area contributed by atoms with Crippen molar-refractivity contribution in [3.63, 3.8) is 0 Å². The summed E-state index contributed by atoms with van der Waals surface area (Å²) in [6.07, 6.45) is 6.19. The van der Waals surface area contributed by atoms with Gasteiger partial charge in [0.15, 0.2) is 5.82 Å². The summed E-state index contributed by atoms with van der Waals surface area (Å²) in [6.45, 7) is 0.622. The zero-order valence-corrected chi connectivity index (χ0v) is 21.9. The van der Waals surface area contributed by atoms with Crippen LogP contribution in [0.1, 0.15) is 40.6 Å². The minimum atomic E-state index is -0.864. The molecule has 1 aromatic heterocycles. The Hall–Kier alpha value is -3.70. The van der Waals surface area contributed by atoms with Crippen LogP contribution in [0.3, 0.4) is 0 Å². The first-order chi connectivity index (χ1) is 18.3. The fraction of sp³-hybridized carbons (Fsp3) is 0.207. The number of carbonyl (C=O) groups excluding carboxylic acids is 1. The van der Waals surface area contributed by atoms with Crippen molar-refractivity contribution in [3.05, 3.63) is 110 Å². The average molecular weight is 551 g/mol. The number of benzene rings is 3. The van der Waals surface area contributed by atoms with E-state index in [1.165, 1.54) is 27.7 Å². The molecule has 38 heavy (non-hydrogen) atoms. The molecule has 0 aliphatic heterocycles. The minimum Gasteiger partial charge on any atom is -0.330 e. The Balaban J connectivity index is 1.95. The lowest BCUT2D eigenvalue weighted by Crippen LogP contribution is -2.40. The lowest BCUT2D eigenvalue weighted by molar-refractivity contribution is 0.0660. The summed E-state index contributed by atoms with van der Waals surface area (Å²) in [7, 11) is 0. The van der Waals surface area contributed by atoms with Crippen LogP contribution in [0.5, 0.6) is 0 Å². The summed E-state index contributed by atoms with van der Waals surface area (Å²) >= 11 is 12.2. The van der Waals surface area contributed by atoms with E-state index in [0.717, 1.165) is 5.56 Å². The highest BCUT2D eigenvalue weighted by Crippen LogP contribution is 2.29. The molecule has 194 valence electrons. The number of terminal acetylenes is 1. The lowest BCUT2D eigenvalue weighted by atomic mass is 10.1. The molecule has 6 nitrogen and oxygen atoms in total. The van der Waals surface area contributed by atoms with Gasteiger partial charge in [0.05, 0.1) is 28.0 Å². The molecule has 2 N–H and O–H groups in total. The highest BCUT2D eigenvalue weighted by Gasteiger charge is 2.31. The van der Waals surface area contributed by atoms with Crippen molar-refractivity contribution in [2.75, 3.05) is 13.1 Å². The SMILES string of the molecule is C#CC[C@@H](c1nc2cc(Cl)ccc2c(=O)n1Cc1ccccc1)N(CCCN)C(=O)c1cccc(Cl)c1F. The van der Waals surface area contributed by atoms with E-state index in [0.29, 0.717) is 22.3 Å². The number of hydrogen-bond donors (Lipinski definition) is 1. The fourth-order valence-corrected chi connectivity index (χ4v) is 4.66. The van der Waals surface area contributed by atoms with Crippen LogP contribution in [-0.4, -0.2) is 33.4 Å². The number of carbonyl (C=O) groups is 1. The molecular weight excluding hydrogens is 526 g/mol. The number of aromatic nitrogens is 2. The zero-order valence-electron chi connectivity index (χ0n) is 20.4. The summed E-state index contributed by atoms with van der Waals surface area (Å²) in [4.78, 5) is 33.8. The number of hydrogen-bond acceptors (Lipinski definition) is 4. The van der Waals surface area contributed by atoms with Gasteiger partial charge in [-0.15, -0.1) is 12.3 Å². The van der Waals surface area contributed by atoms with Gasteiger partial charge < -0.3 is 10.6 Å². The molecule has 0 unspecified atom stereocenters. The van der Waals surface area contributed by atoms with Crippen LogP contribution in [0.25, 0.3) is 10.9 Å². The first-order valence-corrected chi connectivity index (χ1v) is 12.7. The van der Waals surface area contributed by atoms with Crippen LogP contribution in [0, 0.1) is 18.2 Å². The molecule has 0 aliphatic carbocycles. The summed E-state index contributed by atoms with van der Waals surface area (Å²) < 4.78 is 16.4. The highest BCUT2D eigenvalue weighted by atomic mass is 35.5. The molecule has 1 atom stereocenters. The van der Waals surface area contributed by atoms with Crippen molar-refractivity contribution in [1.29, 1.82) is 0 Å². The van der Waals surface area contributed by atoms with Crippen LogP contribution in [0.4, 0.5) is 4.39 Å². The predicted molar refractivity (Wildman–Crippen MR) is 149 cm³/mol. The monoisotopic (exact) mass is 550 g/mol. The average Bonchev–Trinajstić information content (AvgIpc) is 2.91. The maximum absolute atomic E-state index is 14.9. The third-order valence-corrected chi connectivity index (χ3v) is 6.69. The molecule has 0 radical (unpaired) electrons. The van der Waals surface area contributed by atoms with Gasteiger partial charge in [-0.2, -0.15) is 0 Å². The van der Waals surface area contributed by atoms with Crippen LogP contribution in [0.15, 0.2) is 71.5 Å². The Kier molecular flexibility index (Phi) is 8.80. The smallest absolute Gasteiger partial charge is 0.261 e. The summed E-state index contributed by atoms with van der Waals surface area (Å²) in [5, 5.41) is 0.596. The van der Waals surface area contributed by atoms with Crippen LogP contribution in [-0.2, 0) is 6.54 Å². The molecule has 1 amide bonds. The van der Waals surface area contributed by atoms with E-state index in [4.69, 9.17) is 40.3 Å². The minimum absolute atomic E-state index is 0.0196. The van der Waals surface area contributed by atoms with E-state index in [1.54, 1.807) is 18.2 Å². The predicted octanol–water partition coefficient (Wildman–Crippen LogP) is 5.45. The van der Waals surface area contributed by atoms with E-state index in [2.05, 4.69) is 5.92 Å². The zero-order chi connectivity index (χ0) is 27.2. The second kappa shape index (κ2) is 12.2. The molecule has 0 fully saturated rings. The van der Waals surface area contributed by atoms with E-state index in [1.807, 2.05) is 30.3 Å². The van der Waals surface area contributed by atoms with E-state index in [9.17, 15) is 14.0 Å². The van der Waals surface area contributed by atoms with Gasteiger partial charge in [-0.05, 0) is 48.9 Å². The van der Waals surface area contributed by atoms with Gasteiger partial charge in [-0.25, -0.2) is 9.37 Å². The van der Waals surface area contributed by atoms with Gasteiger partial charge >= 0.3 is 0 Å². The number of nitrogens with zero attached hydrogens (tertiary/aromatic N) is 3. The van der Waals surface area contributed by atoms with Gasteiger partial charge in [0.2, 0.25) is 0 Å². The molecule has 1 heterocycles. The van der Waals surface area contributed by atoms with Gasteiger partial charge in [0.25, 0.3) is 11.5 Å². The van der Waals surface area contributed by atoms with Crippen molar-refractivity contribution in [2.45, 2.75) is 25.4 Å². The number of halogens is 3. The second-order valence-corrected chi connectivity index (χ2v) is 9.52. The van der Waals surface area contributed by atoms with Crippen LogP contribution >= 0.6 is 23.2 Å². The first kappa shape index (κ1) is 27.3. The Morgan fingerprint density at radius 2 is 1.89 bits per heavy atom. The molecule has 0 bridgehead atoms. The lowest BCUT2D eigenvalue weighted by Gasteiger charge is -2.32. The largest absolute Gasteiger partial charge is 0.330 e. The maximum Gasteiger partial charge on any atom is 0.261 e. The first-order valence-electron chi connectivity index (χ1n) is 12.0. The Morgan fingerprint density at radius 1 is 1.13 bits per heavy atom. The van der Waals surface area contributed by atoms with Crippen LogP contribution in [0.2, 0.25) is 10.0 Å². The summed E-state index contributed by atoms with van der Waals surface area (Å²) in [5.74, 6) is 1.39. The molecule has 0 saturated carbocycles. The number of amides is 1. The summed E-state index contributed by atoms with van der Waals surface area (Å²) in [5.41, 5.74) is 6.47. The Morgan fingerprint density at radius 3 is 2.61 bits per heavy atom. The van der Waals surface area contributed by atoms with E-state index >= 15 is 0 Å². The topological polar surface area (TPSA) is 81.2 Å². The van der Waals surface area contributed by atoms with Crippen molar-refractivity contribution in [3.8, 4) is 12.3 Å². The van der Waals surface area contributed by atoms with Gasteiger partial charge in [0.1, 0.15) is 11.9 Å². The summed E-state index contributed by atoms with van der Waals surface area (Å²) in [6, 6.07) is 17.6. The quantitative estimate of drug-likeness (QED) is 0.281. The van der Waals surface area contributed by atoms with Crippen molar-refractivity contribution < 1.29 is 9.18 Å². The van der Waals surface area contributed by atoms with Gasteiger partial charge in [-0.3, -0.25) is 14.2 Å². The maximum atomic E-state index is 14.9. The number of rotatable bonds is 9. The molecule has 9 heteroatoms. The number of fused-ring (bicyclic) bond motifs is 1. The van der Waals surface area contributed by atoms with Gasteiger partial charge in [-0.1, -0.05) is 59.6 Å². The van der Waals surface area contributed by atoms with Crippen molar-refractivity contribution >= 4 is 40.0 Å². The molecule has 0 aliphatic rings. The fourth-order valence-electron chi connectivity index (χ4n) is 4.32.